The molecule has 12 heteroatoms. The van der Waals surface area contributed by atoms with E-state index in [1.807, 2.05) is 24.3 Å². The molecule has 4 aromatic rings. The molecule has 0 aliphatic carbocycles. The number of carbonyl (C=O) groups excluding carboxylic acids is 1. The van der Waals surface area contributed by atoms with Crippen molar-refractivity contribution < 1.29 is 18.0 Å². The molecule has 1 aromatic carbocycles. The van der Waals surface area contributed by atoms with Crippen LogP contribution in [0.5, 0.6) is 0 Å². The van der Waals surface area contributed by atoms with Crippen molar-refractivity contribution in [2.24, 2.45) is 0 Å². The number of nitrogens with zero attached hydrogens (tertiary/aromatic N) is 3. The minimum absolute atomic E-state index is 0.109. The van der Waals surface area contributed by atoms with Crippen LogP contribution in [-0.2, 0) is 25.7 Å². The molecule has 4 rings (SSSR count). The van der Waals surface area contributed by atoms with Gasteiger partial charge in [0.1, 0.15) is 11.5 Å². The Bertz CT molecular complexity index is 1240. The smallest absolute Gasteiger partial charge is 0.345 e. The van der Waals surface area contributed by atoms with Gasteiger partial charge in [-0.15, -0.1) is 11.3 Å². The number of imidazole rings is 1. The number of amides is 1. The van der Waals surface area contributed by atoms with E-state index in [-0.39, 0.29) is 23.0 Å². The van der Waals surface area contributed by atoms with Crippen LogP contribution in [0, 0.1) is 0 Å². The number of hydrogen-bond acceptors (Lipinski definition) is 6. The van der Waals surface area contributed by atoms with Crippen LogP contribution < -0.4 is 10.6 Å². The van der Waals surface area contributed by atoms with Crippen LogP contribution in [0.2, 0.25) is 5.02 Å². The molecule has 0 atom stereocenters. The number of halogens is 4. The van der Waals surface area contributed by atoms with Gasteiger partial charge in [-0.2, -0.15) is 13.2 Å². The summed E-state index contributed by atoms with van der Waals surface area (Å²) >= 11 is 7.22. The molecule has 0 fully saturated rings. The number of alkyl halides is 3. The van der Waals surface area contributed by atoms with Crippen LogP contribution in [-0.4, -0.2) is 32.4 Å². The molecule has 7 nitrogen and oxygen atoms in total. The van der Waals surface area contributed by atoms with Crippen molar-refractivity contribution in [2.45, 2.75) is 25.7 Å². The summed E-state index contributed by atoms with van der Waals surface area (Å²) in [5.41, 5.74) is 1.33. The quantitative estimate of drug-likeness (QED) is 0.316. The zero-order chi connectivity index (χ0) is 23.4. The fourth-order valence-corrected chi connectivity index (χ4v) is 4.04. The lowest BCUT2D eigenvalue weighted by atomic mass is 10.2. The number of pyridine rings is 1. The van der Waals surface area contributed by atoms with Gasteiger partial charge in [-0.25, -0.2) is 9.97 Å². The number of nitrogens with one attached hydrogen (secondary N) is 3. The van der Waals surface area contributed by atoms with Crippen LogP contribution >= 0.6 is 22.9 Å². The van der Waals surface area contributed by atoms with E-state index in [0.29, 0.717) is 25.7 Å². The van der Waals surface area contributed by atoms with Crippen molar-refractivity contribution in [1.82, 2.24) is 30.6 Å². The van der Waals surface area contributed by atoms with Gasteiger partial charge in [0.15, 0.2) is 0 Å². The summed E-state index contributed by atoms with van der Waals surface area (Å²) < 4.78 is 38.1. The first-order chi connectivity index (χ1) is 15.8. The highest BCUT2D eigenvalue weighted by Gasteiger charge is 2.31. The molecule has 0 saturated heterocycles. The molecule has 1 amide bonds. The second-order valence-corrected chi connectivity index (χ2v) is 8.44. The second kappa shape index (κ2) is 9.86. The molecule has 3 aromatic heterocycles. The molecule has 3 N–H and O–H groups in total. The fourth-order valence-electron chi connectivity index (χ4n) is 3.03. The summed E-state index contributed by atoms with van der Waals surface area (Å²) in [6.07, 6.45) is -3.21. The summed E-state index contributed by atoms with van der Waals surface area (Å²) in [7, 11) is 0. The topological polar surface area (TPSA) is 95.6 Å². The van der Waals surface area contributed by atoms with E-state index in [2.05, 4.69) is 30.6 Å². The molecule has 3 heterocycles. The Kier molecular flexibility index (Phi) is 6.91. The van der Waals surface area contributed by atoms with E-state index in [4.69, 9.17) is 11.6 Å². The maximum Gasteiger partial charge on any atom is 0.417 e. The number of hydrogen-bond donors (Lipinski definition) is 3. The van der Waals surface area contributed by atoms with Crippen LogP contribution in [0.1, 0.15) is 32.6 Å². The number of H-pyrrole nitrogens is 1. The third-order valence-electron chi connectivity index (χ3n) is 4.69. The zero-order valence-electron chi connectivity index (χ0n) is 17.0. The third kappa shape index (κ3) is 5.86. The molecule has 0 spiro atoms. The van der Waals surface area contributed by atoms with Crippen molar-refractivity contribution >= 4 is 39.9 Å². The van der Waals surface area contributed by atoms with Crippen LogP contribution in [0.4, 0.5) is 13.2 Å². The van der Waals surface area contributed by atoms with Crippen molar-refractivity contribution in [3.8, 4) is 0 Å². The lowest BCUT2D eigenvalue weighted by Crippen LogP contribution is -2.24. The Balaban J connectivity index is 1.24. The zero-order valence-corrected chi connectivity index (χ0v) is 18.6. The number of fused-ring (bicyclic) bond motifs is 1. The van der Waals surface area contributed by atoms with Crippen molar-refractivity contribution in [3.63, 3.8) is 0 Å². The Morgan fingerprint density at radius 1 is 1.18 bits per heavy atom. The van der Waals surface area contributed by atoms with Gasteiger partial charge < -0.3 is 15.6 Å². The molecule has 0 bridgehead atoms. The summed E-state index contributed by atoms with van der Waals surface area (Å²) in [4.78, 5) is 28.1. The molecule has 172 valence electrons. The van der Waals surface area contributed by atoms with E-state index in [9.17, 15) is 18.0 Å². The molecule has 0 unspecified atom stereocenters. The monoisotopic (exact) mass is 494 g/mol. The van der Waals surface area contributed by atoms with Gasteiger partial charge in [-0.05, 0) is 18.2 Å². The van der Waals surface area contributed by atoms with E-state index >= 15 is 0 Å². The molecular formula is C21H18ClF3N6OS. The summed E-state index contributed by atoms with van der Waals surface area (Å²) in [6.45, 7) is 1.12. The number of carbonyl (C=O) groups is 1. The van der Waals surface area contributed by atoms with Gasteiger partial charge in [0.2, 0.25) is 0 Å². The fraction of sp³-hybridized carbons (Fsp3) is 0.238. The average molecular weight is 495 g/mol. The van der Waals surface area contributed by atoms with Crippen molar-refractivity contribution in [1.29, 1.82) is 0 Å². The predicted octanol–water partition coefficient (Wildman–Crippen LogP) is 4.35. The maximum absolute atomic E-state index is 12.7. The molecular weight excluding hydrogens is 477 g/mol. The lowest BCUT2D eigenvalue weighted by Gasteiger charge is -2.09. The minimum atomic E-state index is -4.53. The van der Waals surface area contributed by atoms with Crippen molar-refractivity contribution in [2.75, 3.05) is 6.54 Å². The Morgan fingerprint density at radius 2 is 2.00 bits per heavy atom. The van der Waals surface area contributed by atoms with Crippen LogP contribution in [0.25, 0.3) is 11.0 Å². The normalized spacial score (nSPS) is 11.8. The number of aromatic amines is 1. The number of benzene rings is 1. The van der Waals surface area contributed by atoms with Gasteiger partial charge in [-0.1, -0.05) is 23.7 Å². The number of thiazole rings is 1. The third-order valence-corrected chi connectivity index (χ3v) is 5.93. The highest BCUT2D eigenvalue weighted by atomic mass is 35.5. The summed E-state index contributed by atoms with van der Waals surface area (Å²) in [5, 5.41) is 8.11. The number of para-hydroxylation sites is 2. The molecule has 0 aliphatic rings. The Morgan fingerprint density at radius 3 is 2.76 bits per heavy atom. The highest BCUT2D eigenvalue weighted by Crippen LogP contribution is 2.31. The number of aromatic nitrogens is 4. The largest absolute Gasteiger partial charge is 0.417 e. The Labute approximate surface area is 195 Å². The van der Waals surface area contributed by atoms with E-state index < -0.39 is 17.6 Å². The first-order valence-electron chi connectivity index (χ1n) is 9.88. The summed E-state index contributed by atoms with van der Waals surface area (Å²) in [5.74, 6) is 0.386. The van der Waals surface area contributed by atoms with Gasteiger partial charge in [0.25, 0.3) is 5.91 Å². The van der Waals surface area contributed by atoms with Gasteiger partial charge in [0, 0.05) is 24.5 Å². The summed E-state index contributed by atoms with van der Waals surface area (Å²) in [6, 6.07) is 8.58. The maximum atomic E-state index is 12.7. The van der Waals surface area contributed by atoms with E-state index in [1.165, 1.54) is 11.3 Å². The van der Waals surface area contributed by atoms with Crippen molar-refractivity contribution in [3.05, 3.63) is 74.7 Å². The minimum Gasteiger partial charge on any atom is -0.345 e. The first kappa shape index (κ1) is 23.1. The van der Waals surface area contributed by atoms with Crippen LogP contribution in [0.3, 0.4) is 0 Å². The standard InChI is InChI=1S/C21H18ClF3N6OS/c22-13-7-12(21(23,24)25)8-27-16(13)9-28-20(32)17-11-33-19(31-17)5-6-26-10-18-29-14-3-1-2-4-15(14)30-18/h1-4,7-8,11,26H,5-6,9-10H2,(H,28,32)(H,29,30). The second-order valence-electron chi connectivity index (χ2n) is 7.09. The van der Waals surface area contributed by atoms with Gasteiger partial charge in [0.05, 0.1) is 45.4 Å². The molecule has 0 saturated carbocycles. The highest BCUT2D eigenvalue weighted by molar-refractivity contribution is 7.09. The average Bonchev–Trinajstić information content (AvgIpc) is 3.41. The number of rotatable bonds is 8. The SMILES string of the molecule is O=C(NCc1ncc(C(F)(F)F)cc1Cl)c1csc(CCNCc2nc3ccccc3[nH]2)n1. The molecule has 0 radical (unpaired) electrons. The first-order valence-corrected chi connectivity index (χ1v) is 11.1. The van der Waals surface area contributed by atoms with E-state index in [0.717, 1.165) is 27.9 Å². The van der Waals surface area contributed by atoms with Gasteiger partial charge >= 0.3 is 6.18 Å². The van der Waals surface area contributed by atoms with E-state index in [1.54, 1.807) is 5.38 Å². The molecule has 33 heavy (non-hydrogen) atoms. The lowest BCUT2D eigenvalue weighted by molar-refractivity contribution is -0.137. The predicted molar refractivity (Wildman–Crippen MR) is 119 cm³/mol. The molecule has 0 aliphatic heterocycles. The van der Waals surface area contributed by atoms with Gasteiger partial charge in [-0.3, -0.25) is 9.78 Å². The van der Waals surface area contributed by atoms with Crippen LogP contribution in [0.15, 0.2) is 41.9 Å². The Hall–Kier alpha value is -3.02.